The molecule has 0 saturated heterocycles. The Morgan fingerprint density at radius 2 is 1.32 bits per heavy atom. The molecule has 0 fully saturated rings. The third-order valence-corrected chi connectivity index (χ3v) is 5.35. The van der Waals surface area contributed by atoms with E-state index in [1.807, 2.05) is 0 Å². The van der Waals surface area contributed by atoms with Crippen LogP contribution in [0.25, 0.3) is 21.8 Å². The summed E-state index contributed by atoms with van der Waals surface area (Å²) < 4.78 is 4.76. The molecule has 0 unspecified atom stereocenters. The number of aromatic nitrogens is 2. The highest BCUT2D eigenvalue weighted by Crippen LogP contribution is 2.28. The zero-order valence-corrected chi connectivity index (χ0v) is 17.0. The summed E-state index contributed by atoms with van der Waals surface area (Å²) in [6.07, 6.45) is 11.5. The Morgan fingerprint density at radius 3 is 1.86 bits per heavy atom. The fourth-order valence-corrected chi connectivity index (χ4v) is 3.89. The highest BCUT2D eigenvalue weighted by atomic mass is 15.2. The minimum Gasteiger partial charge on any atom is -0.323 e. The Hall–Kier alpha value is -3.00. The molecule has 0 N–H and O–H groups in total. The van der Waals surface area contributed by atoms with Gasteiger partial charge >= 0.3 is 0 Å². The van der Waals surface area contributed by atoms with Gasteiger partial charge in [0.2, 0.25) is 0 Å². The van der Waals surface area contributed by atoms with Gasteiger partial charge in [0.05, 0.1) is 11.0 Å². The van der Waals surface area contributed by atoms with Gasteiger partial charge in [-0.05, 0) is 74.7 Å². The smallest absolute Gasteiger partial charge is 0.129 e. The number of nitrogens with zero attached hydrogens (tertiary/aromatic N) is 2. The molecule has 2 aromatic heterocycles. The van der Waals surface area contributed by atoms with Gasteiger partial charge in [0, 0.05) is 12.4 Å². The quantitative estimate of drug-likeness (QED) is 0.315. The number of hydrogen-bond acceptors (Lipinski definition) is 0. The Morgan fingerprint density at radius 1 is 0.786 bits per heavy atom. The van der Waals surface area contributed by atoms with Gasteiger partial charge in [0.15, 0.2) is 0 Å². The number of para-hydroxylation sites is 2. The first-order chi connectivity index (χ1) is 13.6. The van der Waals surface area contributed by atoms with E-state index in [1.54, 1.807) is 0 Å². The maximum atomic E-state index is 2.41. The Balaban J connectivity index is 1.80. The molecule has 2 heterocycles. The molecule has 0 amide bonds. The van der Waals surface area contributed by atoms with Crippen molar-refractivity contribution < 1.29 is 0 Å². The molecule has 0 bridgehead atoms. The average molecular weight is 369 g/mol. The molecule has 142 valence electrons. The molecule has 0 spiro atoms. The van der Waals surface area contributed by atoms with E-state index in [-0.39, 0.29) is 6.17 Å². The van der Waals surface area contributed by atoms with Crippen LogP contribution in [0.5, 0.6) is 0 Å². The van der Waals surface area contributed by atoms with Crippen molar-refractivity contribution in [3.05, 3.63) is 96.4 Å². The van der Waals surface area contributed by atoms with E-state index in [0.29, 0.717) is 0 Å². The van der Waals surface area contributed by atoms with Crippen LogP contribution in [0, 0.1) is 0 Å². The molecule has 28 heavy (non-hydrogen) atoms. The molecule has 0 radical (unpaired) electrons. The van der Waals surface area contributed by atoms with Crippen molar-refractivity contribution >= 4 is 21.8 Å². The summed E-state index contributed by atoms with van der Waals surface area (Å²) in [4.78, 5) is 0. The van der Waals surface area contributed by atoms with E-state index in [1.165, 1.54) is 33.0 Å². The topological polar surface area (TPSA) is 9.86 Å². The lowest BCUT2D eigenvalue weighted by atomic mass is 10.1. The number of fused-ring (bicyclic) bond motifs is 2. The number of allylic oxidation sites excluding steroid dienone is 4. The monoisotopic (exact) mass is 368 g/mol. The second-order valence-electron chi connectivity index (χ2n) is 7.81. The van der Waals surface area contributed by atoms with Crippen molar-refractivity contribution in [1.29, 1.82) is 0 Å². The van der Waals surface area contributed by atoms with E-state index in [9.17, 15) is 0 Å². The first kappa shape index (κ1) is 18.4. The molecular formula is C26H28N2. The van der Waals surface area contributed by atoms with E-state index in [2.05, 4.69) is 115 Å². The minimum absolute atomic E-state index is 0.117. The summed E-state index contributed by atoms with van der Waals surface area (Å²) in [5, 5.41) is 2.55. The lowest BCUT2D eigenvalue weighted by Crippen LogP contribution is -2.15. The summed E-state index contributed by atoms with van der Waals surface area (Å²) >= 11 is 0. The van der Waals surface area contributed by atoms with Crippen LogP contribution >= 0.6 is 0 Å². The molecule has 2 nitrogen and oxygen atoms in total. The molecule has 4 rings (SSSR count). The van der Waals surface area contributed by atoms with Crippen LogP contribution in [0.4, 0.5) is 0 Å². The standard InChI is InChI=1S/C26H28N2/c1-20(2)9-8-10-21(3)19-26(27-17-15-22-11-4-6-13-24(22)27)28-18-16-23-12-5-7-14-25(23)28/h4-7,9,11-19,26H,8,10H2,1-3H3/b21-19+. The fourth-order valence-electron chi connectivity index (χ4n) is 3.89. The zero-order valence-electron chi connectivity index (χ0n) is 17.0. The molecule has 0 aliphatic rings. The van der Waals surface area contributed by atoms with Crippen molar-refractivity contribution in [2.45, 2.75) is 39.8 Å². The molecule has 0 aliphatic carbocycles. The Labute approximate surface area is 167 Å². The summed E-state index contributed by atoms with van der Waals surface area (Å²) in [6.45, 7) is 6.59. The summed E-state index contributed by atoms with van der Waals surface area (Å²) in [5.74, 6) is 0. The van der Waals surface area contributed by atoms with Crippen LogP contribution in [0.3, 0.4) is 0 Å². The maximum absolute atomic E-state index is 2.41. The number of rotatable bonds is 6. The van der Waals surface area contributed by atoms with Crippen LogP contribution in [0.2, 0.25) is 0 Å². The van der Waals surface area contributed by atoms with Gasteiger partial charge in [-0.2, -0.15) is 0 Å². The summed E-state index contributed by atoms with van der Waals surface area (Å²) in [7, 11) is 0. The fraction of sp³-hybridized carbons (Fsp3) is 0.231. The Kier molecular flexibility index (Phi) is 5.21. The maximum Gasteiger partial charge on any atom is 0.129 e. The molecule has 0 aliphatic heterocycles. The summed E-state index contributed by atoms with van der Waals surface area (Å²) in [6, 6.07) is 21.6. The molecule has 4 aromatic rings. The summed E-state index contributed by atoms with van der Waals surface area (Å²) in [5.41, 5.74) is 5.33. The lowest BCUT2D eigenvalue weighted by Gasteiger charge is -2.21. The molecule has 0 saturated carbocycles. The number of hydrogen-bond donors (Lipinski definition) is 0. The SMILES string of the molecule is CC(C)=CCC/C(C)=C/C(n1ccc2ccccc21)n1ccc2ccccc21. The van der Waals surface area contributed by atoms with Crippen molar-refractivity contribution in [3.8, 4) is 0 Å². The van der Waals surface area contributed by atoms with Crippen molar-refractivity contribution in [3.63, 3.8) is 0 Å². The molecule has 2 aromatic carbocycles. The van der Waals surface area contributed by atoms with Gasteiger partial charge in [-0.3, -0.25) is 0 Å². The molecule has 2 heteroatoms. The van der Waals surface area contributed by atoms with E-state index in [4.69, 9.17) is 0 Å². The first-order valence-electron chi connectivity index (χ1n) is 10.1. The third-order valence-electron chi connectivity index (χ3n) is 5.35. The number of benzene rings is 2. The van der Waals surface area contributed by atoms with Gasteiger partial charge in [-0.25, -0.2) is 0 Å². The first-order valence-corrected chi connectivity index (χ1v) is 10.1. The molecule has 0 atom stereocenters. The van der Waals surface area contributed by atoms with Crippen LogP contribution in [-0.4, -0.2) is 9.13 Å². The van der Waals surface area contributed by atoms with Gasteiger partial charge in [0.25, 0.3) is 0 Å². The highest BCUT2D eigenvalue weighted by molar-refractivity contribution is 5.82. The lowest BCUT2D eigenvalue weighted by molar-refractivity contribution is 0.547. The van der Waals surface area contributed by atoms with Crippen molar-refractivity contribution in [2.75, 3.05) is 0 Å². The third kappa shape index (κ3) is 3.68. The largest absolute Gasteiger partial charge is 0.323 e. The van der Waals surface area contributed by atoms with Crippen LogP contribution in [0.1, 0.15) is 39.8 Å². The van der Waals surface area contributed by atoms with Crippen LogP contribution in [0.15, 0.2) is 96.4 Å². The predicted molar refractivity (Wildman–Crippen MR) is 121 cm³/mol. The second kappa shape index (κ2) is 7.93. The Bertz CT molecular complexity index is 1080. The van der Waals surface area contributed by atoms with Crippen LogP contribution < -0.4 is 0 Å². The van der Waals surface area contributed by atoms with Gasteiger partial charge < -0.3 is 9.13 Å². The van der Waals surface area contributed by atoms with Gasteiger partial charge in [-0.15, -0.1) is 0 Å². The van der Waals surface area contributed by atoms with E-state index in [0.717, 1.165) is 12.8 Å². The normalized spacial score (nSPS) is 12.2. The minimum atomic E-state index is 0.117. The van der Waals surface area contributed by atoms with E-state index >= 15 is 0 Å². The van der Waals surface area contributed by atoms with Gasteiger partial charge in [0.1, 0.15) is 6.17 Å². The average Bonchev–Trinajstić information content (AvgIpc) is 3.30. The van der Waals surface area contributed by atoms with Crippen molar-refractivity contribution in [1.82, 2.24) is 9.13 Å². The zero-order chi connectivity index (χ0) is 19.5. The predicted octanol–water partition coefficient (Wildman–Crippen LogP) is 7.34. The van der Waals surface area contributed by atoms with Crippen LogP contribution in [-0.2, 0) is 0 Å². The van der Waals surface area contributed by atoms with Crippen molar-refractivity contribution in [2.24, 2.45) is 0 Å². The van der Waals surface area contributed by atoms with Gasteiger partial charge in [-0.1, -0.05) is 53.6 Å². The van der Waals surface area contributed by atoms with E-state index < -0.39 is 0 Å². The second-order valence-corrected chi connectivity index (χ2v) is 7.81. The highest BCUT2D eigenvalue weighted by Gasteiger charge is 2.15. The molecular weight excluding hydrogens is 340 g/mol.